The number of amides is 1. The first-order valence-electron chi connectivity index (χ1n) is 6.81. The Morgan fingerprint density at radius 1 is 1.42 bits per heavy atom. The van der Waals surface area contributed by atoms with Gasteiger partial charge in [0.1, 0.15) is 0 Å². The minimum Gasteiger partial charge on any atom is -0.352 e. The van der Waals surface area contributed by atoms with Crippen molar-refractivity contribution in [3.05, 3.63) is 33.3 Å². The quantitative estimate of drug-likeness (QED) is 0.849. The lowest BCUT2D eigenvalue weighted by atomic mass is 9.80. The fourth-order valence-corrected chi connectivity index (χ4v) is 3.25. The van der Waals surface area contributed by atoms with Crippen molar-refractivity contribution in [2.75, 3.05) is 6.54 Å². The van der Waals surface area contributed by atoms with Gasteiger partial charge in [-0.05, 0) is 36.5 Å². The Labute approximate surface area is 128 Å². The summed E-state index contributed by atoms with van der Waals surface area (Å²) in [5.41, 5.74) is 0.541. The highest BCUT2D eigenvalue weighted by molar-refractivity contribution is 9.10. The molecule has 2 nitrogen and oxygen atoms in total. The Kier molecular flexibility index (Phi) is 5.28. The van der Waals surface area contributed by atoms with E-state index in [1.165, 1.54) is 25.7 Å². The van der Waals surface area contributed by atoms with E-state index in [0.29, 0.717) is 22.4 Å². The third-order valence-electron chi connectivity index (χ3n) is 3.99. The van der Waals surface area contributed by atoms with Crippen molar-refractivity contribution >= 4 is 33.4 Å². The van der Waals surface area contributed by atoms with Crippen LogP contribution in [0.25, 0.3) is 0 Å². The molecular weight excluding hydrogens is 326 g/mol. The van der Waals surface area contributed by atoms with Gasteiger partial charge in [-0.2, -0.15) is 0 Å². The molecule has 0 aliphatic heterocycles. The number of rotatable bonds is 3. The second-order valence-corrected chi connectivity index (χ2v) is 6.68. The van der Waals surface area contributed by atoms with Crippen LogP contribution in [0, 0.1) is 11.8 Å². The molecule has 0 radical (unpaired) electrons. The van der Waals surface area contributed by atoms with E-state index in [0.717, 1.165) is 11.0 Å². The van der Waals surface area contributed by atoms with Crippen LogP contribution in [0.4, 0.5) is 0 Å². The number of carbonyl (C=O) groups excluding carboxylic acids is 1. The average Bonchev–Trinajstić information content (AvgIpc) is 2.40. The maximum absolute atomic E-state index is 12.2. The molecular formula is C15H19BrClNO. The maximum atomic E-state index is 12.2. The van der Waals surface area contributed by atoms with Crippen LogP contribution in [0.15, 0.2) is 22.7 Å². The van der Waals surface area contributed by atoms with E-state index < -0.39 is 0 Å². The van der Waals surface area contributed by atoms with Crippen LogP contribution in [-0.2, 0) is 0 Å². The molecule has 0 heterocycles. The van der Waals surface area contributed by atoms with Crippen LogP contribution in [0.3, 0.4) is 0 Å². The van der Waals surface area contributed by atoms with Gasteiger partial charge in [-0.25, -0.2) is 0 Å². The fourth-order valence-electron chi connectivity index (χ4n) is 2.69. The van der Waals surface area contributed by atoms with Crippen molar-refractivity contribution in [3.63, 3.8) is 0 Å². The smallest absolute Gasteiger partial charge is 0.252 e. The zero-order chi connectivity index (χ0) is 13.8. The highest BCUT2D eigenvalue weighted by Crippen LogP contribution is 2.29. The lowest BCUT2D eigenvalue weighted by Gasteiger charge is -2.28. The number of carbonyl (C=O) groups is 1. The van der Waals surface area contributed by atoms with Crippen molar-refractivity contribution < 1.29 is 4.79 Å². The molecule has 2 rings (SSSR count). The average molecular weight is 345 g/mol. The van der Waals surface area contributed by atoms with Crippen LogP contribution < -0.4 is 5.32 Å². The van der Waals surface area contributed by atoms with Crippen molar-refractivity contribution in [2.24, 2.45) is 11.8 Å². The molecule has 0 bridgehead atoms. The minimum atomic E-state index is -0.0796. The molecule has 1 aromatic carbocycles. The lowest BCUT2D eigenvalue weighted by molar-refractivity contribution is 0.0936. The highest BCUT2D eigenvalue weighted by atomic mass is 79.9. The summed E-state index contributed by atoms with van der Waals surface area (Å²) in [6.45, 7) is 3.03. The van der Waals surface area contributed by atoms with E-state index >= 15 is 0 Å². The first kappa shape index (κ1) is 14.9. The Hall–Kier alpha value is -0.540. The first-order chi connectivity index (χ1) is 9.08. The van der Waals surface area contributed by atoms with E-state index in [1.807, 2.05) is 6.07 Å². The van der Waals surface area contributed by atoms with Gasteiger partial charge >= 0.3 is 0 Å². The monoisotopic (exact) mass is 343 g/mol. The van der Waals surface area contributed by atoms with E-state index in [2.05, 4.69) is 28.2 Å². The highest BCUT2D eigenvalue weighted by Gasteiger charge is 2.22. The van der Waals surface area contributed by atoms with Gasteiger partial charge in [-0.3, -0.25) is 4.79 Å². The molecule has 1 amide bonds. The van der Waals surface area contributed by atoms with Crippen molar-refractivity contribution in [1.29, 1.82) is 0 Å². The van der Waals surface area contributed by atoms with E-state index in [4.69, 9.17) is 11.6 Å². The first-order valence-corrected chi connectivity index (χ1v) is 7.98. The molecule has 1 aromatic rings. The van der Waals surface area contributed by atoms with Gasteiger partial charge in [0.25, 0.3) is 5.91 Å². The molecule has 0 spiro atoms. The molecule has 1 N–H and O–H groups in total. The third-order valence-corrected chi connectivity index (χ3v) is 4.81. The molecule has 4 heteroatoms. The number of hydrogen-bond donors (Lipinski definition) is 1. The van der Waals surface area contributed by atoms with Gasteiger partial charge in [0.2, 0.25) is 0 Å². The molecule has 0 aromatic heterocycles. The molecule has 1 saturated carbocycles. The second kappa shape index (κ2) is 6.76. The Morgan fingerprint density at radius 3 is 2.89 bits per heavy atom. The minimum absolute atomic E-state index is 0.0796. The molecule has 1 fully saturated rings. The molecule has 104 valence electrons. The summed E-state index contributed by atoms with van der Waals surface area (Å²) >= 11 is 9.42. The Bertz CT molecular complexity index is 463. The second-order valence-electron chi connectivity index (χ2n) is 5.36. The molecule has 0 saturated heterocycles. The summed E-state index contributed by atoms with van der Waals surface area (Å²) in [5, 5.41) is 3.52. The van der Waals surface area contributed by atoms with Crippen LogP contribution in [0.2, 0.25) is 5.02 Å². The van der Waals surface area contributed by atoms with Crippen LogP contribution in [0.1, 0.15) is 43.0 Å². The molecule has 1 aliphatic rings. The molecule has 2 atom stereocenters. The predicted molar refractivity (Wildman–Crippen MR) is 82.6 cm³/mol. The molecule has 19 heavy (non-hydrogen) atoms. The Morgan fingerprint density at radius 2 is 2.16 bits per heavy atom. The summed E-state index contributed by atoms with van der Waals surface area (Å²) in [4.78, 5) is 12.2. The van der Waals surface area contributed by atoms with E-state index in [1.54, 1.807) is 12.1 Å². The van der Waals surface area contributed by atoms with Crippen LogP contribution >= 0.6 is 27.5 Å². The lowest BCUT2D eigenvalue weighted by Crippen LogP contribution is -2.33. The van der Waals surface area contributed by atoms with Crippen molar-refractivity contribution in [3.8, 4) is 0 Å². The largest absolute Gasteiger partial charge is 0.352 e. The van der Waals surface area contributed by atoms with Crippen LogP contribution in [-0.4, -0.2) is 12.5 Å². The predicted octanol–water partition coefficient (Wildman–Crippen LogP) is 4.66. The summed E-state index contributed by atoms with van der Waals surface area (Å²) in [5.74, 6) is 1.22. The summed E-state index contributed by atoms with van der Waals surface area (Å²) in [7, 11) is 0. The molecule has 1 aliphatic carbocycles. The van der Waals surface area contributed by atoms with Gasteiger partial charge in [-0.15, -0.1) is 0 Å². The van der Waals surface area contributed by atoms with E-state index in [-0.39, 0.29) is 5.91 Å². The van der Waals surface area contributed by atoms with Crippen molar-refractivity contribution in [1.82, 2.24) is 5.32 Å². The topological polar surface area (TPSA) is 29.1 Å². The number of benzene rings is 1. The fraction of sp³-hybridized carbons (Fsp3) is 0.533. The maximum Gasteiger partial charge on any atom is 0.252 e. The standard InChI is InChI=1S/C15H19BrClNO/c1-10-4-2-3-5-11(10)9-18-15(19)13-8-12(16)6-7-14(13)17/h6-8,10-11H,2-5,9H2,1H3,(H,18,19). The van der Waals surface area contributed by atoms with Gasteiger partial charge in [0, 0.05) is 11.0 Å². The van der Waals surface area contributed by atoms with Gasteiger partial charge in [0.15, 0.2) is 0 Å². The van der Waals surface area contributed by atoms with Gasteiger partial charge in [-0.1, -0.05) is 53.7 Å². The van der Waals surface area contributed by atoms with E-state index in [9.17, 15) is 4.79 Å². The SMILES string of the molecule is CC1CCCCC1CNC(=O)c1cc(Br)ccc1Cl. The zero-order valence-electron chi connectivity index (χ0n) is 11.1. The zero-order valence-corrected chi connectivity index (χ0v) is 13.4. The summed E-state index contributed by atoms with van der Waals surface area (Å²) in [6, 6.07) is 5.34. The Balaban J connectivity index is 1.95. The number of nitrogens with one attached hydrogen (secondary N) is 1. The van der Waals surface area contributed by atoms with Gasteiger partial charge < -0.3 is 5.32 Å². The van der Waals surface area contributed by atoms with Crippen molar-refractivity contribution in [2.45, 2.75) is 32.6 Å². The normalized spacial score (nSPS) is 23.1. The van der Waals surface area contributed by atoms with Crippen LogP contribution in [0.5, 0.6) is 0 Å². The third kappa shape index (κ3) is 3.96. The van der Waals surface area contributed by atoms with Gasteiger partial charge in [0.05, 0.1) is 10.6 Å². The molecule has 2 unspecified atom stereocenters. The summed E-state index contributed by atoms with van der Waals surface area (Å²) < 4.78 is 0.869. The number of halogens is 2. The summed E-state index contributed by atoms with van der Waals surface area (Å²) in [6.07, 6.45) is 5.09. The number of hydrogen-bond acceptors (Lipinski definition) is 1.